The van der Waals surface area contributed by atoms with Crippen LogP contribution in [0, 0.1) is 5.82 Å². The molecule has 0 aliphatic rings. The summed E-state index contributed by atoms with van der Waals surface area (Å²) >= 11 is 11.1. The molecule has 1 unspecified atom stereocenters. The van der Waals surface area contributed by atoms with Crippen LogP contribution in [0.2, 0.25) is 5.02 Å². The van der Waals surface area contributed by atoms with Crippen LogP contribution in [0.3, 0.4) is 0 Å². The molecule has 3 nitrogen and oxygen atoms in total. The number of hydrogen-bond donors (Lipinski definition) is 1. The standard InChI is InChI=1S/C11H9Cl2FO3/c12-7-2-1-3-8(14)6(7)4-5-9(15)10(13)11(16)17/h1-3,10H,4-5H2,(H,16,17). The predicted octanol–water partition coefficient (Wildman–Crippen LogP) is 2.67. The van der Waals surface area contributed by atoms with Gasteiger partial charge in [0.1, 0.15) is 5.82 Å². The molecule has 0 saturated carbocycles. The van der Waals surface area contributed by atoms with E-state index in [-0.39, 0.29) is 23.4 Å². The van der Waals surface area contributed by atoms with Crippen LogP contribution in [0.5, 0.6) is 0 Å². The minimum absolute atomic E-state index is 0.0286. The van der Waals surface area contributed by atoms with E-state index in [4.69, 9.17) is 28.3 Å². The Kier molecular flexibility index (Phi) is 4.90. The molecule has 1 N–H and O–H groups in total. The normalized spacial score (nSPS) is 12.2. The Labute approximate surface area is 107 Å². The highest BCUT2D eigenvalue weighted by atomic mass is 35.5. The summed E-state index contributed by atoms with van der Waals surface area (Å²) in [6.45, 7) is 0. The van der Waals surface area contributed by atoms with Gasteiger partial charge in [-0.3, -0.25) is 9.59 Å². The number of carbonyl (C=O) groups excluding carboxylic acids is 1. The van der Waals surface area contributed by atoms with Crippen molar-refractivity contribution in [2.75, 3.05) is 0 Å². The first-order valence-electron chi connectivity index (χ1n) is 4.76. The second kappa shape index (κ2) is 5.98. The fourth-order valence-corrected chi connectivity index (χ4v) is 1.65. The van der Waals surface area contributed by atoms with E-state index in [1.807, 2.05) is 0 Å². The zero-order valence-corrected chi connectivity index (χ0v) is 10.1. The predicted molar refractivity (Wildman–Crippen MR) is 62.0 cm³/mol. The van der Waals surface area contributed by atoms with E-state index < -0.39 is 22.9 Å². The SMILES string of the molecule is O=C(O)C(Cl)C(=O)CCc1c(F)cccc1Cl. The molecule has 0 heterocycles. The molecular weight excluding hydrogens is 270 g/mol. The molecule has 1 aromatic rings. The topological polar surface area (TPSA) is 54.4 Å². The number of carboxylic acid groups (broad SMARTS) is 1. The molecule has 0 radical (unpaired) electrons. The van der Waals surface area contributed by atoms with E-state index in [1.54, 1.807) is 0 Å². The van der Waals surface area contributed by atoms with Crippen molar-refractivity contribution in [2.45, 2.75) is 18.2 Å². The summed E-state index contributed by atoms with van der Waals surface area (Å²) in [4.78, 5) is 21.7. The fourth-order valence-electron chi connectivity index (χ4n) is 1.28. The molecule has 17 heavy (non-hydrogen) atoms. The maximum Gasteiger partial charge on any atom is 0.329 e. The lowest BCUT2D eigenvalue weighted by atomic mass is 10.1. The number of alkyl halides is 1. The number of benzene rings is 1. The molecule has 0 aliphatic carbocycles. The Hall–Kier alpha value is -1.13. The third kappa shape index (κ3) is 3.68. The van der Waals surface area contributed by atoms with E-state index in [1.165, 1.54) is 18.2 Å². The van der Waals surface area contributed by atoms with Gasteiger partial charge in [-0.2, -0.15) is 0 Å². The van der Waals surface area contributed by atoms with Gasteiger partial charge in [0, 0.05) is 17.0 Å². The third-order valence-corrected chi connectivity index (χ3v) is 2.97. The molecule has 0 fully saturated rings. The molecule has 0 amide bonds. The summed E-state index contributed by atoms with van der Waals surface area (Å²) in [7, 11) is 0. The lowest BCUT2D eigenvalue weighted by Gasteiger charge is -2.06. The lowest BCUT2D eigenvalue weighted by Crippen LogP contribution is -2.24. The van der Waals surface area contributed by atoms with Gasteiger partial charge in [-0.25, -0.2) is 4.39 Å². The number of carboxylic acids is 1. The van der Waals surface area contributed by atoms with Crippen LogP contribution in [0.25, 0.3) is 0 Å². The Balaban J connectivity index is 2.68. The Bertz CT molecular complexity index is 428. The van der Waals surface area contributed by atoms with Crippen molar-refractivity contribution < 1.29 is 19.1 Å². The number of aliphatic carboxylic acids is 1. The van der Waals surface area contributed by atoms with Gasteiger partial charge in [0.2, 0.25) is 0 Å². The molecule has 0 saturated heterocycles. The maximum atomic E-state index is 13.3. The summed E-state index contributed by atoms with van der Waals surface area (Å²) in [5.74, 6) is -2.60. The van der Waals surface area contributed by atoms with E-state index >= 15 is 0 Å². The van der Waals surface area contributed by atoms with E-state index in [9.17, 15) is 14.0 Å². The average molecular weight is 279 g/mol. The van der Waals surface area contributed by atoms with Gasteiger partial charge in [-0.1, -0.05) is 17.7 Å². The molecule has 0 aromatic heterocycles. The number of carbonyl (C=O) groups is 2. The highest BCUT2D eigenvalue weighted by molar-refractivity contribution is 6.40. The van der Waals surface area contributed by atoms with Crippen molar-refractivity contribution in [3.05, 3.63) is 34.6 Å². The first-order chi connectivity index (χ1) is 7.93. The molecule has 1 aromatic carbocycles. The highest BCUT2D eigenvalue weighted by Gasteiger charge is 2.23. The zero-order chi connectivity index (χ0) is 13.0. The molecule has 0 aliphatic heterocycles. The summed E-state index contributed by atoms with van der Waals surface area (Å²) in [6, 6.07) is 4.17. The van der Waals surface area contributed by atoms with Crippen molar-refractivity contribution in [3.8, 4) is 0 Å². The summed E-state index contributed by atoms with van der Waals surface area (Å²) in [5.41, 5.74) is 0.191. The average Bonchev–Trinajstić information content (AvgIpc) is 2.26. The lowest BCUT2D eigenvalue weighted by molar-refractivity contribution is -0.139. The quantitative estimate of drug-likeness (QED) is 0.666. The van der Waals surface area contributed by atoms with Crippen molar-refractivity contribution in [2.24, 2.45) is 0 Å². The monoisotopic (exact) mass is 278 g/mol. The first kappa shape index (κ1) is 13.9. The largest absolute Gasteiger partial charge is 0.480 e. The van der Waals surface area contributed by atoms with Gasteiger partial charge in [-0.15, -0.1) is 11.6 Å². The number of rotatable bonds is 5. The summed E-state index contributed by atoms with van der Waals surface area (Å²) in [6.07, 6.45) is -0.137. The van der Waals surface area contributed by atoms with Crippen molar-refractivity contribution in [3.63, 3.8) is 0 Å². The zero-order valence-electron chi connectivity index (χ0n) is 8.62. The van der Waals surface area contributed by atoms with Gasteiger partial charge >= 0.3 is 5.97 Å². The van der Waals surface area contributed by atoms with Crippen LogP contribution in [-0.4, -0.2) is 22.2 Å². The molecule has 6 heteroatoms. The van der Waals surface area contributed by atoms with Crippen LogP contribution in [0.1, 0.15) is 12.0 Å². The van der Waals surface area contributed by atoms with Crippen LogP contribution in [-0.2, 0) is 16.0 Å². The molecule has 92 valence electrons. The van der Waals surface area contributed by atoms with Crippen molar-refractivity contribution >= 4 is 35.0 Å². The van der Waals surface area contributed by atoms with Gasteiger partial charge in [0.25, 0.3) is 0 Å². The number of halogens is 3. The maximum absolute atomic E-state index is 13.3. The number of hydrogen-bond acceptors (Lipinski definition) is 2. The second-order valence-electron chi connectivity index (χ2n) is 3.37. The van der Waals surface area contributed by atoms with Crippen LogP contribution in [0.15, 0.2) is 18.2 Å². The second-order valence-corrected chi connectivity index (χ2v) is 4.21. The Morgan fingerprint density at radius 3 is 2.59 bits per heavy atom. The van der Waals surface area contributed by atoms with Gasteiger partial charge in [0.15, 0.2) is 11.2 Å². The van der Waals surface area contributed by atoms with E-state index in [0.29, 0.717) is 0 Å². The third-order valence-electron chi connectivity index (χ3n) is 2.18. The molecular formula is C11H9Cl2FO3. The molecule has 0 spiro atoms. The van der Waals surface area contributed by atoms with Crippen LogP contribution in [0.4, 0.5) is 4.39 Å². The van der Waals surface area contributed by atoms with E-state index in [0.717, 1.165) is 0 Å². The van der Waals surface area contributed by atoms with E-state index in [2.05, 4.69) is 0 Å². The van der Waals surface area contributed by atoms with Crippen molar-refractivity contribution in [1.82, 2.24) is 0 Å². The molecule has 0 bridgehead atoms. The van der Waals surface area contributed by atoms with Crippen LogP contribution >= 0.6 is 23.2 Å². The minimum Gasteiger partial charge on any atom is -0.480 e. The van der Waals surface area contributed by atoms with Crippen LogP contribution < -0.4 is 0 Å². The molecule has 1 rings (SSSR count). The highest BCUT2D eigenvalue weighted by Crippen LogP contribution is 2.21. The smallest absolute Gasteiger partial charge is 0.329 e. The minimum atomic E-state index is -1.60. The number of Topliss-reactive ketones (excluding diaryl/α,β-unsaturated/α-hetero) is 1. The van der Waals surface area contributed by atoms with Gasteiger partial charge in [-0.05, 0) is 18.6 Å². The summed E-state index contributed by atoms with van der Waals surface area (Å²) < 4.78 is 13.3. The van der Waals surface area contributed by atoms with Gasteiger partial charge in [0.05, 0.1) is 0 Å². The summed E-state index contributed by atoms with van der Waals surface area (Å²) in [5, 5.41) is 7.12. The molecule has 1 atom stereocenters. The van der Waals surface area contributed by atoms with Gasteiger partial charge < -0.3 is 5.11 Å². The Morgan fingerprint density at radius 1 is 1.41 bits per heavy atom. The Morgan fingerprint density at radius 2 is 2.06 bits per heavy atom. The number of ketones is 1. The van der Waals surface area contributed by atoms with Crippen molar-refractivity contribution in [1.29, 1.82) is 0 Å². The first-order valence-corrected chi connectivity index (χ1v) is 5.57. The fraction of sp³-hybridized carbons (Fsp3) is 0.273.